The second kappa shape index (κ2) is 7.15. The van der Waals surface area contributed by atoms with E-state index in [0.29, 0.717) is 12.0 Å². The Balaban J connectivity index is 3.37. The van der Waals surface area contributed by atoms with Gasteiger partial charge in [-0.1, -0.05) is 19.9 Å². The molecule has 0 aliphatic rings. The van der Waals surface area contributed by atoms with E-state index in [4.69, 9.17) is 5.26 Å². The molecule has 0 amide bonds. The van der Waals surface area contributed by atoms with Crippen molar-refractivity contribution in [1.29, 1.82) is 5.26 Å². The average molecular weight is 311 g/mol. The number of rotatable bonds is 7. The summed E-state index contributed by atoms with van der Waals surface area (Å²) in [5.74, 6) is 0. The summed E-state index contributed by atoms with van der Waals surface area (Å²) in [6.45, 7) is 3.72. The number of nitro groups is 1. The minimum Gasteiger partial charge on any atom is -0.258 e. The summed E-state index contributed by atoms with van der Waals surface area (Å²) in [5.41, 5.74) is 0.262. The first-order valence-corrected chi connectivity index (χ1v) is 7.96. The summed E-state index contributed by atoms with van der Waals surface area (Å²) >= 11 is 0. The normalized spacial score (nSPS) is 11.3. The second-order valence-corrected chi connectivity index (χ2v) is 6.21. The van der Waals surface area contributed by atoms with Crippen LogP contribution in [0.2, 0.25) is 0 Å². The molecule has 0 aromatic heterocycles. The number of non-ortho nitro benzene ring substituents is 1. The highest BCUT2D eigenvalue weighted by Crippen LogP contribution is 2.25. The number of nitrogens with zero attached hydrogens (tertiary/aromatic N) is 3. The van der Waals surface area contributed by atoms with Crippen LogP contribution in [0.5, 0.6) is 0 Å². The van der Waals surface area contributed by atoms with Gasteiger partial charge in [0.05, 0.1) is 15.9 Å². The van der Waals surface area contributed by atoms with E-state index < -0.39 is 14.9 Å². The summed E-state index contributed by atoms with van der Waals surface area (Å²) in [6.07, 6.45) is 0.520. The lowest BCUT2D eigenvalue weighted by atomic mass is 10.1. The van der Waals surface area contributed by atoms with E-state index in [1.165, 1.54) is 12.1 Å². The Morgan fingerprint density at radius 3 is 2.52 bits per heavy atom. The van der Waals surface area contributed by atoms with Crippen LogP contribution in [0.1, 0.15) is 25.8 Å². The van der Waals surface area contributed by atoms with Crippen LogP contribution < -0.4 is 0 Å². The molecule has 1 rings (SSSR count). The third kappa shape index (κ3) is 3.77. The number of nitriles is 1. The molecule has 114 valence electrons. The highest BCUT2D eigenvalue weighted by Gasteiger charge is 2.27. The van der Waals surface area contributed by atoms with Crippen LogP contribution in [-0.2, 0) is 16.4 Å². The molecular weight excluding hydrogens is 294 g/mol. The Kier molecular flexibility index (Phi) is 5.81. The Hall–Kier alpha value is -1.98. The van der Waals surface area contributed by atoms with E-state index in [0.717, 1.165) is 10.4 Å². The summed E-state index contributed by atoms with van der Waals surface area (Å²) in [5, 5.41) is 19.4. The molecule has 8 heteroatoms. The van der Waals surface area contributed by atoms with E-state index in [2.05, 4.69) is 0 Å². The van der Waals surface area contributed by atoms with Crippen molar-refractivity contribution in [3.8, 4) is 6.07 Å². The number of aryl methyl sites for hydroxylation is 1. The topological polar surface area (TPSA) is 104 Å². The molecule has 0 fully saturated rings. The minimum absolute atomic E-state index is 0.0565. The first kappa shape index (κ1) is 17.1. The number of hydrogen-bond donors (Lipinski definition) is 0. The van der Waals surface area contributed by atoms with Gasteiger partial charge in [-0.2, -0.15) is 9.57 Å². The molecule has 0 spiro atoms. The Bertz CT molecular complexity index is 664. The van der Waals surface area contributed by atoms with Gasteiger partial charge in [-0.25, -0.2) is 8.42 Å². The molecule has 0 radical (unpaired) electrons. The maximum Gasteiger partial charge on any atom is 0.270 e. The highest BCUT2D eigenvalue weighted by atomic mass is 32.2. The van der Waals surface area contributed by atoms with Crippen LogP contribution in [0.15, 0.2) is 23.1 Å². The molecular formula is C13H17N3O4S. The number of benzene rings is 1. The zero-order valence-electron chi connectivity index (χ0n) is 11.9. The van der Waals surface area contributed by atoms with Gasteiger partial charge in [0.2, 0.25) is 10.0 Å². The molecule has 0 atom stereocenters. The van der Waals surface area contributed by atoms with Gasteiger partial charge < -0.3 is 0 Å². The average Bonchev–Trinajstić information content (AvgIpc) is 2.47. The Morgan fingerprint density at radius 2 is 2.05 bits per heavy atom. The molecule has 0 unspecified atom stereocenters. The van der Waals surface area contributed by atoms with Crippen molar-refractivity contribution in [3.05, 3.63) is 33.9 Å². The smallest absolute Gasteiger partial charge is 0.258 e. The van der Waals surface area contributed by atoms with E-state index in [1.54, 1.807) is 13.8 Å². The number of nitro benzene ring substituents is 1. The molecule has 1 aromatic rings. The molecule has 0 saturated carbocycles. The first-order chi connectivity index (χ1) is 9.88. The molecule has 0 N–H and O–H groups in total. The van der Waals surface area contributed by atoms with E-state index in [1.807, 2.05) is 6.07 Å². The van der Waals surface area contributed by atoms with Crippen molar-refractivity contribution in [1.82, 2.24) is 4.31 Å². The van der Waals surface area contributed by atoms with Crippen LogP contribution >= 0.6 is 0 Å². The summed E-state index contributed by atoms with van der Waals surface area (Å²) in [6, 6.07) is 5.74. The zero-order valence-corrected chi connectivity index (χ0v) is 12.8. The largest absolute Gasteiger partial charge is 0.270 e. The SMILES string of the molecule is CCc1ccc([N+](=O)[O-])cc1S(=O)(=O)N(CC)CCC#N. The Labute approximate surface area is 124 Å². The zero-order chi connectivity index (χ0) is 16.0. The predicted molar refractivity (Wildman–Crippen MR) is 77.1 cm³/mol. The van der Waals surface area contributed by atoms with Gasteiger partial charge in [-0.05, 0) is 12.0 Å². The maximum absolute atomic E-state index is 12.6. The van der Waals surface area contributed by atoms with Crippen molar-refractivity contribution in [2.45, 2.75) is 31.6 Å². The van der Waals surface area contributed by atoms with Gasteiger partial charge >= 0.3 is 0 Å². The van der Waals surface area contributed by atoms with Crippen molar-refractivity contribution < 1.29 is 13.3 Å². The Morgan fingerprint density at radius 1 is 1.38 bits per heavy atom. The van der Waals surface area contributed by atoms with E-state index in [9.17, 15) is 18.5 Å². The predicted octanol–water partition coefficient (Wildman–Crippen LogP) is 2.08. The second-order valence-electron chi connectivity index (χ2n) is 4.31. The van der Waals surface area contributed by atoms with Gasteiger partial charge in [0.25, 0.3) is 5.69 Å². The molecule has 1 aromatic carbocycles. The van der Waals surface area contributed by atoms with Crippen LogP contribution in [0.25, 0.3) is 0 Å². The van der Waals surface area contributed by atoms with Crippen molar-refractivity contribution >= 4 is 15.7 Å². The van der Waals surface area contributed by atoms with E-state index >= 15 is 0 Å². The fourth-order valence-electron chi connectivity index (χ4n) is 1.95. The van der Waals surface area contributed by atoms with Crippen LogP contribution in [0.4, 0.5) is 5.69 Å². The van der Waals surface area contributed by atoms with Gasteiger partial charge in [-0.15, -0.1) is 0 Å². The molecule has 7 nitrogen and oxygen atoms in total. The van der Waals surface area contributed by atoms with Gasteiger partial charge in [-0.3, -0.25) is 10.1 Å². The molecule has 0 aliphatic carbocycles. The van der Waals surface area contributed by atoms with Crippen LogP contribution in [0, 0.1) is 21.4 Å². The molecule has 21 heavy (non-hydrogen) atoms. The lowest BCUT2D eigenvalue weighted by molar-refractivity contribution is -0.385. The first-order valence-electron chi connectivity index (χ1n) is 6.52. The fourth-order valence-corrected chi connectivity index (χ4v) is 3.71. The van der Waals surface area contributed by atoms with Crippen molar-refractivity contribution in [3.63, 3.8) is 0 Å². The van der Waals surface area contributed by atoms with E-state index in [-0.39, 0.29) is 30.1 Å². The number of sulfonamides is 1. The molecule has 0 saturated heterocycles. The summed E-state index contributed by atoms with van der Waals surface area (Å²) < 4.78 is 26.4. The minimum atomic E-state index is -3.84. The van der Waals surface area contributed by atoms with Crippen molar-refractivity contribution in [2.75, 3.05) is 13.1 Å². The fraction of sp³-hybridized carbons (Fsp3) is 0.462. The summed E-state index contributed by atoms with van der Waals surface area (Å²) in [4.78, 5) is 10.2. The quantitative estimate of drug-likeness (QED) is 0.566. The summed E-state index contributed by atoms with van der Waals surface area (Å²) in [7, 11) is -3.84. The lowest BCUT2D eigenvalue weighted by Gasteiger charge is -2.20. The van der Waals surface area contributed by atoms with Crippen LogP contribution in [-0.4, -0.2) is 30.7 Å². The molecule has 0 bridgehead atoms. The maximum atomic E-state index is 12.6. The number of hydrogen-bond acceptors (Lipinski definition) is 5. The molecule has 0 heterocycles. The van der Waals surface area contributed by atoms with Gasteiger partial charge in [0.1, 0.15) is 0 Å². The molecule has 0 aliphatic heterocycles. The van der Waals surface area contributed by atoms with Gasteiger partial charge in [0.15, 0.2) is 0 Å². The highest BCUT2D eigenvalue weighted by molar-refractivity contribution is 7.89. The van der Waals surface area contributed by atoms with Crippen LogP contribution in [0.3, 0.4) is 0 Å². The van der Waals surface area contributed by atoms with Crippen molar-refractivity contribution in [2.24, 2.45) is 0 Å². The third-order valence-electron chi connectivity index (χ3n) is 3.09. The standard InChI is InChI=1S/C13H17N3O4S/c1-3-11-6-7-12(16(17)18)10-13(11)21(19,20)15(4-2)9-5-8-14/h6-7,10H,3-5,9H2,1-2H3. The third-order valence-corrected chi connectivity index (χ3v) is 5.14. The van der Waals surface area contributed by atoms with Gasteiger partial charge in [0, 0.05) is 31.6 Å². The lowest BCUT2D eigenvalue weighted by Crippen LogP contribution is -2.32. The monoisotopic (exact) mass is 311 g/mol.